The zero-order valence-electron chi connectivity index (χ0n) is 9.73. The minimum atomic E-state index is -0.910. The van der Waals surface area contributed by atoms with Crippen LogP contribution in [0.25, 0.3) is 0 Å². The maximum atomic E-state index is 11.4. The first kappa shape index (κ1) is 13.0. The lowest BCUT2D eigenvalue weighted by Crippen LogP contribution is -2.41. The van der Waals surface area contributed by atoms with Crippen LogP contribution in [0.2, 0.25) is 0 Å². The van der Waals surface area contributed by atoms with Gasteiger partial charge in [-0.2, -0.15) is 0 Å². The van der Waals surface area contributed by atoms with Crippen LogP contribution in [0.15, 0.2) is 0 Å². The lowest BCUT2D eigenvalue weighted by Gasteiger charge is -2.17. The van der Waals surface area contributed by atoms with Gasteiger partial charge in [0, 0.05) is 6.04 Å². The van der Waals surface area contributed by atoms with Crippen LogP contribution in [0.3, 0.4) is 0 Å². The summed E-state index contributed by atoms with van der Waals surface area (Å²) in [6.07, 6.45) is 2.38. The molecule has 0 spiro atoms. The largest absolute Gasteiger partial charge is 0.481 e. The summed E-state index contributed by atoms with van der Waals surface area (Å²) in [7, 11) is 0. The number of rotatable bonds is 7. The topological polar surface area (TPSA) is 75.6 Å². The van der Waals surface area contributed by atoms with Crippen LogP contribution in [0, 0.1) is 11.8 Å². The van der Waals surface area contributed by atoms with Crippen molar-refractivity contribution in [3.8, 4) is 0 Å². The van der Waals surface area contributed by atoms with E-state index in [9.17, 15) is 9.59 Å². The van der Waals surface area contributed by atoms with Crippen molar-refractivity contribution in [3.05, 3.63) is 0 Å². The van der Waals surface area contributed by atoms with E-state index in [1.807, 2.05) is 0 Å². The van der Waals surface area contributed by atoms with Crippen LogP contribution >= 0.6 is 0 Å². The Balaban J connectivity index is 2.13. The van der Waals surface area contributed by atoms with Gasteiger partial charge in [-0.3, -0.25) is 9.59 Å². The fourth-order valence-corrected chi connectivity index (χ4v) is 1.24. The summed E-state index contributed by atoms with van der Waals surface area (Å²) in [5.41, 5.74) is 0. The van der Waals surface area contributed by atoms with Crippen LogP contribution in [0.5, 0.6) is 0 Å². The number of nitrogens with one attached hydrogen (secondary N) is 1. The first-order valence-corrected chi connectivity index (χ1v) is 5.60. The standard InChI is InChI=1S/C11H19NO4/c1-7(11(14)15)8(2)12-10(13)6-16-5-9-3-4-9/h7-9H,3-6H2,1-2H3,(H,12,13)(H,14,15). The number of ether oxygens (including phenoxy) is 1. The molecule has 1 amide bonds. The van der Waals surface area contributed by atoms with E-state index in [0.29, 0.717) is 12.5 Å². The molecule has 1 aliphatic rings. The monoisotopic (exact) mass is 229 g/mol. The molecule has 92 valence electrons. The Labute approximate surface area is 95.2 Å². The molecule has 0 saturated heterocycles. The Kier molecular flexibility index (Phi) is 4.73. The highest BCUT2D eigenvalue weighted by Gasteiger charge is 2.23. The molecule has 5 nitrogen and oxygen atoms in total. The van der Waals surface area contributed by atoms with Gasteiger partial charge in [-0.25, -0.2) is 0 Å². The first-order chi connectivity index (χ1) is 7.50. The maximum absolute atomic E-state index is 11.4. The summed E-state index contributed by atoms with van der Waals surface area (Å²) < 4.78 is 5.20. The van der Waals surface area contributed by atoms with Gasteiger partial charge in [0.05, 0.1) is 12.5 Å². The normalized spacial score (nSPS) is 18.9. The van der Waals surface area contributed by atoms with Crippen molar-refractivity contribution in [3.63, 3.8) is 0 Å². The number of aliphatic carboxylic acids is 1. The van der Waals surface area contributed by atoms with E-state index < -0.39 is 11.9 Å². The van der Waals surface area contributed by atoms with E-state index in [2.05, 4.69) is 5.32 Å². The second-order valence-corrected chi connectivity index (χ2v) is 4.44. The van der Waals surface area contributed by atoms with E-state index in [1.165, 1.54) is 12.8 Å². The Hall–Kier alpha value is -1.10. The molecule has 0 radical (unpaired) electrons. The number of hydrogen-bond acceptors (Lipinski definition) is 3. The fraction of sp³-hybridized carbons (Fsp3) is 0.818. The summed E-state index contributed by atoms with van der Waals surface area (Å²) in [5, 5.41) is 11.4. The summed E-state index contributed by atoms with van der Waals surface area (Å²) in [5.74, 6) is -1.12. The van der Waals surface area contributed by atoms with Crippen molar-refractivity contribution in [1.82, 2.24) is 5.32 Å². The molecule has 1 fully saturated rings. The van der Waals surface area contributed by atoms with Gasteiger partial charge in [-0.1, -0.05) is 0 Å². The SMILES string of the molecule is CC(NC(=O)COCC1CC1)C(C)C(=O)O. The minimum absolute atomic E-state index is 0.0210. The van der Waals surface area contributed by atoms with Crippen LogP contribution in [0.4, 0.5) is 0 Å². The molecule has 2 unspecified atom stereocenters. The van der Waals surface area contributed by atoms with Gasteiger partial charge in [-0.05, 0) is 32.6 Å². The van der Waals surface area contributed by atoms with Gasteiger partial charge >= 0.3 is 5.97 Å². The third kappa shape index (κ3) is 4.61. The summed E-state index contributed by atoms with van der Waals surface area (Å²) >= 11 is 0. The number of carboxylic acid groups (broad SMARTS) is 1. The smallest absolute Gasteiger partial charge is 0.308 e. The zero-order chi connectivity index (χ0) is 12.1. The molecule has 2 atom stereocenters. The Morgan fingerprint density at radius 2 is 2.06 bits per heavy atom. The highest BCUT2D eigenvalue weighted by Crippen LogP contribution is 2.28. The third-order valence-electron chi connectivity index (χ3n) is 2.81. The predicted octanol–water partition coefficient (Wildman–Crippen LogP) is 0.638. The molecule has 0 aromatic heterocycles. The molecular weight excluding hydrogens is 210 g/mol. The van der Waals surface area contributed by atoms with Gasteiger partial charge in [-0.15, -0.1) is 0 Å². The molecule has 16 heavy (non-hydrogen) atoms. The lowest BCUT2D eigenvalue weighted by atomic mass is 10.0. The molecule has 5 heteroatoms. The van der Waals surface area contributed by atoms with Crippen LogP contribution in [0.1, 0.15) is 26.7 Å². The highest BCUT2D eigenvalue weighted by molar-refractivity contribution is 5.78. The number of carbonyl (C=O) groups is 2. The molecule has 0 bridgehead atoms. The number of carboxylic acids is 1. The van der Waals surface area contributed by atoms with Gasteiger partial charge in [0.25, 0.3) is 0 Å². The molecule has 0 aromatic carbocycles. The van der Waals surface area contributed by atoms with E-state index in [1.54, 1.807) is 13.8 Å². The Morgan fingerprint density at radius 3 is 2.56 bits per heavy atom. The average molecular weight is 229 g/mol. The number of amides is 1. The first-order valence-electron chi connectivity index (χ1n) is 5.60. The van der Waals surface area contributed by atoms with Crippen LogP contribution < -0.4 is 5.32 Å². The molecule has 1 aliphatic carbocycles. The highest BCUT2D eigenvalue weighted by atomic mass is 16.5. The minimum Gasteiger partial charge on any atom is -0.481 e. The molecule has 0 heterocycles. The van der Waals surface area contributed by atoms with Gasteiger partial charge in [0.15, 0.2) is 0 Å². The van der Waals surface area contributed by atoms with Gasteiger partial charge in [0.1, 0.15) is 6.61 Å². The average Bonchev–Trinajstić information content (AvgIpc) is 3.00. The number of hydrogen-bond donors (Lipinski definition) is 2. The second-order valence-electron chi connectivity index (χ2n) is 4.44. The summed E-state index contributed by atoms with van der Waals surface area (Å²) in [4.78, 5) is 22.0. The molecule has 1 saturated carbocycles. The fourth-order valence-electron chi connectivity index (χ4n) is 1.24. The lowest BCUT2D eigenvalue weighted by molar-refractivity contribution is -0.142. The van der Waals surface area contributed by atoms with Gasteiger partial charge < -0.3 is 15.2 Å². The van der Waals surface area contributed by atoms with Crippen molar-refractivity contribution in [2.24, 2.45) is 11.8 Å². The second kappa shape index (κ2) is 5.84. The van der Waals surface area contributed by atoms with E-state index in [0.717, 1.165) is 0 Å². The Morgan fingerprint density at radius 1 is 1.44 bits per heavy atom. The van der Waals surface area contributed by atoms with E-state index >= 15 is 0 Å². The Bertz CT molecular complexity index is 263. The van der Waals surface area contributed by atoms with Crippen molar-refractivity contribution >= 4 is 11.9 Å². The third-order valence-corrected chi connectivity index (χ3v) is 2.81. The van der Waals surface area contributed by atoms with Crippen LogP contribution in [-0.2, 0) is 14.3 Å². The van der Waals surface area contributed by atoms with Gasteiger partial charge in [0.2, 0.25) is 5.91 Å². The molecule has 1 rings (SSSR count). The molecule has 2 N–H and O–H groups in total. The molecule has 0 aromatic rings. The zero-order valence-corrected chi connectivity index (χ0v) is 9.73. The van der Waals surface area contributed by atoms with Crippen molar-refractivity contribution < 1.29 is 19.4 Å². The number of carbonyl (C=O) groups excluding carboxylic acids is 1. The molecule has 0 aliphatic heterocycles. The van der Waals surface area contributed by atoms with E-state index in [-0.39, 0.29) is 18.6 Å². The predicted molar refractivity (Wildman–Crippen MR) is 57.9 cm³/mol. The summed E-state index contributed by atoms with van der Waals surface area (Å²) in [6, 6.07) is -0.380. The summed E-state index contributed by atoms with van der Waals surface area (Å²) in [6.45, 7) is 3.90. The van der Waals surface area contributed by atoms with Crippen molar-refractivity contribution in [1.29, 1.82) is 0 Å². The maximum Gasteiger partial charge on any atom is 0.308 e. The van der Waals surface area contributed by atoms with E-state index in [4.69, 9.17) is 9.84 Å². The van der Waals surface area contributed by atoms with Crippen LogP contribution in [-0.4, -0.2) is 36.2 Å². The quantitative estimate of drug-likeness (QED) is 0.671. The van der Waals surface area contributed by atoms with Crippen molar-refractivity contribution in [2.45, 2.75) is 32.7 Å². The molecular formula is C11H19NO4. The van der Waals surface area contributed by atoms with Crippen molar-refractivity contribution in [2.75, 3.05) is 13.2 Å².